The predicted octanol–water partition coefficient (Wildman–Crippen LogP) is 1.58. The molecule has 3 rings (SSSR count). The van der Waals surface area contributed by atoms with Gasteiger partial charge in [-0.05, 0) is 24.1 Å². The number of aryl methyl sites for hydroxylation is 1. The summed E-state index contributed by atoms with van der Waals surface area (Å²) in [6.07, 6.45) is 1.03. The van der Waals surface area contributed by atoms with Crippen LogP contribution in [0.2, 0.25) is 0 Å². The summed E-state index contributed by atoms with van der Waals surface area (Å²) in [5.41, 5.74) is 1.93. The number of amides is 2. The lowest BCUT2D eigenvalue weighted by Crippen LogP contribution is -2.36. The number of ether oxygens (including phenoxy) is 1. The average Bonchev–Trinajstić information content (AvgIpc) is 2.97. The minimum absolute atomic E-state index is 0.0836. The summed E-state index contributed by atoms with van der Waals surface area (Å²) < 4.78 is 6.59. The topological polar surface area (TPSA) is 98.1 Å². The van der Waals surface area contributed by atoms with E-state index in [2.05, 4.69) is 27.6 Å². The second-order valence-electron chi connectivity index (χ2n) is 5.96. The van der Waals surface area contributed by atoms with E-state index in [1.165, 1.54) is 5.56 Å². The summed E-state index contributed by atoms with van der Waals surface area (Å²) in [5.74, 6) is -0.0206. The number of methoxy groups -OCH3 is 1. The van der Waals surface area contributed by atoms with E-state index < -0.39 is 5.92 Å². The maximum absolute atomic E-state index is 12.2. The van der Waals surface area contributed by atoms with Crippen molar-refractivity contribution in [1.29, 1.82) is 0 Å². The van der Waals surface area contributed by atoms with Crippen LogP contribution in [-0.4, -0.2) is 33.7 Å². The predicted molar refractivity (Wildman–Crippen MR) is 91.9 cm³/mol. The highest BCUT2D eigenvalue weighted by Crippen LogP contribution is 2.20. The number of anilines is 2. The Labute approximate surface area is 145 Å². The molecule has 0 saturated heterocycles. The summed E-state index contributed by atoms with van der Waals surface area (Å²) in [6.45, 7) is 2.67. The number of hydrogen-bond acceptors (Lipinski definition) is 5. The molecule has 0 fully saturated rings. The van der Waals surface area contributed by atoms with E-state index in [4.69, 9.17) is 4.74 Å². The molecule has 0 saturated carbocycles. The molecule has 0 radical (unpaired) electrons. The zero-order chi connectivity index (χ0) is 17.8. The van der Waals surface area contributed by atoms with Crippen molar-refractivity contribution in [2.24, 2.45) is 5.92 Å². The Kier molecular flexibility index (Phi) is 5.08. The summed E-state index contributed by atoms with van der Waals surface area (Å²) in [6, 6.07) is 7.68. The number of carbonyl (C=O) groups excluding carboxylic acids is 2. The van der Waals surface area contributed by atoms with Crippen molar-refractivity contribution >= 4 is 23.5 Å². The van der Waals surface area contributed by atoms with E-state index >= 15 is 0 Å². The van der Waals surface area contributed by atoms with Crippen molar-refractivity contribution in [3.63, 3.8) is 0 Å². The smallest absolute Gasteiger partial charge is 0.232 e. The molecule has 8 nitrogen and oxygen atoms in total. The molecule has 8 heteroatoms. The fraction of sp³-hybridized carbons (Fsp3) is 0.412. The Morgan fingerprint density at radius 1 is 1.40 bits per heavy atom. The number of fused-ring (bicyclic) bond motifs is 1. The second-order valence-corrected chi connectivity index (χ2v) is 5.96. The fourth-order valence-corrected chi connectivity index (χ4v) is 2.72. The number of rotatable bonds is 6. The Balaban J connectivity index is 1.61. The van der Waals surface area contributed by atoms with E-state index in [0.29, 0.717) is 18.3 Å². The van der Waals surface area contributed by atoms with E-state index in [9.17, 15) is 9.59 Å². The van der Waals surface area contributed by atoms with Crippen LogP contribution in [0.25, 0.3) is 0 Å². The third-order valence-electron chi connectivity index (χ3n) is 4.07. The summed E-state index contributed by atoms with van der Waals surface area (Å²) in [7, 11) is 1.55. The second kappa shape index (κ2) is 7.43. The molecule has 1 aliphatic heterocycles. The number of nitrogens with one attached hydrogen (secondary N) is 2. The van der Waals surface area contributed by atoms with Crippen LogP contribution in [0, 0.1) is 5.92 Å². The highest BCUT2D eigenvalue weighted by atomic mass is 16.5. The van der Waals surface area contributed by atoms with E-state index in [1.54, 1.807) is 11.8 Å². The van der Waals surface area contributed by atoms with Gasteiger partial charge in [-0.25, -0.2) is 4.68 Å². The van der Waals surface area contributed by atoms with Crippen LogP contribution in [0.3, 0.4) is 0 Å². The third-order valence-corrected chi connectivity index (χ3v) is 4.07. The Morgan fingerprint density at radius 3 is 2.84 bits per heavy atom. The molecule has 0 spiro atoms. The maximum Gasteiger partial charge on any atom is 0.232 e. The van der Waals surface area contributed by atoms with Gasteiger partial charge in [-0.2, -0.15) is 10.1 Å². The van der Waals surface area contributed by atoms with Crippen LogP contribution in [0.4, 0.5) is 11.6 Å². The van der Waals surface area contributed by atoms with Gasteiger partial charge < -0.3 is 10.1 Å². The van der Waals surface area contributed by atoms with Gasteiger partial charge in [0, 0.05) is 19.2 Å². The molecule has 1 aromatic carbocycles. The van der Waals surface area contributed by atoms with Gasteiger partial charge in [-0.3, -0.25) is 14.9 Å². The molecule has 2 aromatic rings. The van der Waals surface area contributed by atoms with Gasteiger partial charge in [0.2, 0.25) is 17.8 Å². The van der Waals surface area contributed by atoms with E-state index in [-0.39, 0.29) is 24.8 Å². The first-order chi connectivity index (χ1) is 12.1. The zero-order valence-electron chi connectivity index (χ0n) is 14.3. The number of benzene rings is 1. The van der Waals surface area contributed by atoms with Gasteiger partial charge in [-0.15, -0.1) is 0 Å². The SMILES string of the molecule is CCc1ccc(NC(=O)CC2Cn3nc(COC)nc3NC2=O)cc1. The van der Waals surface area contributed by atoms with Crippen molar-refractivity contribution in [1.82, 2.24) is 14.8 Å². The Morgan fingerprint density at radius 2 is 2.16 bits per heavy atom. The first-order valence-corrected chi connectivity index (χ1v) is 8.21. The molecule has 0 bridgehead atoms. The molecule has 0 aliphatic carbocycles. The Hall–Kier alpha value is -2.74. The number of hydrogen-bond donors (Lipinski definition) is 2. The van der Waals surface area contributed by atoms with E-state index in [1.807, 2.05) is 24.3 Å². The van der Waals surface area contributed by atoms with Crippen LogP contribution >= 0.6 is 0 Å². The van der Waals surface area contributed by atoms with Crippen LogP contribution < -0.4 is 10.6 Å². The van der Waals surface area contributed by atoms with Crippen molar-refractivity contribution < 1.29 is 14.3 Å². The normalized spacial score (nSPS) is 16.2. The Bertz CT molecular complexity index is 769. The molecular weight excluding hydrogens is 322 g/mol. The number of carbonyl (C=O) groups is 2. The van der Waals surface area contributed by atoms with Crippen molar-refractivity contribution in [2.45, 2.75) is 32.9 Å². The summed E-state index contributed by atoms with van der Waals surface area (Å²) in [5, 5.41) is 9.78. The minimum atomic E-state index is -0.487. The molecule has 2 amide bonds. The fourth-order valence-electron chi connectivity index (χ4n) is 2.72. The van der Waals surface area contributed by atoms with Crippen molar-refractivity contribution in [3.05, 3.63) is 35.7 Å². The maximum atomic E-state index is 12.2. The number of nitrogens with zero attached hydrogens (tertiary/aromatic N) is 3. The third kappa shape index (κ3) is 4.03. The quantitative estimate of drug-likeness (QED) is 0.830. The van der Waals surface area contributed by atoms with Gasteiger partial charge in [0.15, 0.2) is 5.82 Å². The number of aromatic nitrogens is 3. The molecule has 25 heavy (non-hydrogen) atoms. The molecule has 2 N–H and O–H groups in total. The van der Waals surface area contributed by atoms with Gasteiger partial charge in [0.25, 0.3) is 0 Å². The lowest BCUT2D eigenvalue weighted by Gasteiger charge is -2.21. The minimum Gasteiger partial charge on any atom is -0.377 e. The van der Waals surface area contributed by atoms with E-state index in [0.717, 1.165) is 12.1 Å². The zero-order valence-corrected chi connectivity index (χ0v) is 14.3. The van der Waals surface area contributed by atoms with Crippen molar-refractivity contribution in [3.8, 4) is 0 Å². The summed E-state index contributed by atoms with van der Waals surface area (Å²) in [4.78, 5) is 28.6. The lowest BCUT2D eigenvalue weighted by molar-refractivity contribution is -0.125. The standard InChI is InChI=1S/C17H21N5O3/c1-3-11-4-6-13(7-5-11)18-15(23)8-12-9-22-17(20-16(12)24)19-14(21-22)10-25-2/h4-7,12H,3,8-10H2,1-2H3,(H,18,23)(H,19,20,21,24). The average molecular weight is 343 g/mol. The molecule has 1 atom stereocenters. The van der Waals surface area contributed by atoms with Crippen LogP contribution in [0.15, 0.2) is 24.3 Å². The summed E-state index contributed by atoms with van der Waals surface area (Å²) >= 11 is 0. The molecule has 2 heterocycles. The first kappa shape index (κ1) is 17.1. The lowest BCUT2D eigenvalue weighted by atomic mass is 10.0. The van der Waals surface area contributed by atoms with Crippen LogP contribution in [-0.2, 0) is 33.9 Å². The highest BCUT2D eigenvalue weighted by molar-refractivity contribution is 5.98. The molecule has 1 aliphatic rings. The molecule has 1 aromatic heterocycles. The molecule has 132 valence electrons. The molecular formula is C17H21N5O3. The van der Waals surface area contributed by atoms with Crippen LogP contribution in [0.1, 0.15) is 24.7 Å². The van der Waals surface area contributed by atoms with Gasteiger partial charge in [0.1, 0.15) is 6.61 Å². The van der Waals surface area contributed by atoms with Crippen molar-refractivity contribution in [2.75, 3.05) is 17.7 Å². The highest BCUT2D eigenvalue weighted by Gasteiger charge is 2.30. The first-order valence-electron chi connectivity index (χ1n) is 8.21. The van der Waals surface area contributed by atoms with Gasteiger partial charge in [0.05, 0.1) is 12.5 Å². The largest absolute Gasteiger partial charge is 0.377 e. The molecule has 1 unspecified atom stereocenters. The monoisotopic (exact) mass is 343 g/mol. The van der Waals surface area contributed by atoms with Gasteiger partial charge >= 0.3 is 0 Å². The van der Waals surface area contributed by atoms with Gasteiger partial charge in [-0.1, -0.05) is 19.1 Å². The van der Waals surface area contributed by atoms with Crippen LogP contribution in [0.5, 0.6) is 0 Å².